The van der Waals surface area contributed by atoms with E-state index in [4.69, 9.17) is 5.73 Å². The number of hydrogen-bond acceptors (Lipinski definition) is 5. The smallest absolute Gasteiger partial charge is 0.244 e. The van der Waals surface area contributed by atoms with Crippen molar-refractivity contribution in [3.05, 3.63) is 18.2 Å². The molecule has 7 heteroatoms. The maximum atomic E-state index is 12.3. The van der Waals surface area contributed by atoms with E-state index >= 15 is 0 Å². The van der Waals surface area contributed by atoms with Crippen LogP contribution in [0, 0.1) is 0 Å². The molecule has 0 aliphatic rings. The summed E-state index contributed by atoms with van der Waals surface area (Å²) in [6.07, 6.45) is 3.04. The zero-order chi connectivity index (χ0) is 16.2. The number of benzene rings is 1. The molecule has 0 saturated carbocycles. The summed E-state index contributed by atoms with van der Waals surface area (Å²) in [6.45, 7) is 2.12. The minimum atomic E-state index is -3.53. The second kappa shape index (κ2) is 7.38. The van der Waals surface area contributed by atoms with Crippen LogP contribution in [0.25, 0.3) is 0 Å². The van der Waals surface area contributed by atoms with Crippen molar-refractivity contribution in [2.45, 2.75) is 24.3 Å². The van der Waals surface area contributed by atoms with Gasteiger partial charge in [0.2, 0.25) is 10.0 Å². The lowest BCUT2D eigenvalue weighted by atomic mass is 10.2. The predicted molar refractivity (Wildman–Crippen MR) is 92.6 cm³/mol. The van der Waals surface area contributed by atoms with Gasteiger partial charge >= 0.3 is 0 Å². The molecule has 0 bridgehead atoms. The molecule has 0 aromatic heterocycles. The Kier molecular flexibility index (Phi) is 6.37. The van der Waals surface area contributed by atoms with Crippen molar-refractivity contribution in [1.29, 1.82) is 0 Å². The summed E-state index contributed by atoms with van der Waals surface area (Å²) in [6, 6.07) is 5.48. The lowest BCUT2D eigenvalue weighted by Gasteiger charge is -2.30. The van der Waals surface area contributed by atoms with Gasteiger partial charge in [0.1, 0.15) is 4.90 Å². The van der Waals surface area contributed by atoms with E-state index in [0.717, 1.165) is 17.9 Å². The summed E-state index contributed by atoms with van der Waals surface area (Å²) < 4.78 is 25.8. The van der Waals surface area contributed by atoms with Crippen LogP contribution in [0.5, 0.6) is 0 Å². The summed E-state index contributed by atoms with van der Waals surface area (Å²) in [7, 11) is 1.44. The van der Waals surface area contributed by atoms with Crippen LogP contribution in [-0.4, -0.2) is 51.9 Å². The van der Waals surface area contributed by atoms with Crippen LogP contribution < -0.4 is 10.6 Å². The van der Waals surface area contributed by atoms with Gasteiger partial charge in [-0.1, -0.05) is 13.0 Å². The Morgan fingerprint density at radius 2 is 1.90 bits per heavy atom. The van der Waals surface area contributed by atoms with Crippen molar-refractivity contribution < 1.29 is 8.42 Å². The molecular formula is C14H25N3O2S2. The van der Waals surface area contributed by atoms with E-state index < -0.39 is 10.0 Å². The number of thioether (sulfide) groups is 1. The average molecular weight is 332 g/mol. The molecule has 0 fully saturated rings. The average Bonchev–Trinajstić information content (AvgIpc) is 2.43. The fourth-order valence-corrected chi connectivity index (χ4v) is 4.02. The Bertz CT molecular complexity index is 574. The van der Waals surface area contributed by atoms with Crippen LogP contribution in [0.1, 0.15) is 13.3 Å². The third kappa shape index (κ3) is 3.84. The number of nitrogens with zero attached hydrogens (tertiary/aromatic N) is 2. The van der Waals surface area contributed by atoms with Gasteiger partial charge in [-0.15, -0.1) is 0 Å². The first-order valence-electron chi connectivity index (χ1n) is 6.80. The molecular weight excluding hydrogens is 306 g/mol. The van der Waals surface area contributed by atoms with Gasteiger partial charge in [0, 0.05) is 32.9 Å². The number of hydrogen-bond donors (Lipinski definition) is 1. The fourth-order valence-electron chi connectivity index (χ4n) is 2.15. The van der Waals surface area contributed by atoms with Gasteiger partial charge in [-0.2, -0.15) is 11.8 Å². The van der Waals surface area contributed by atoms with Crippen molar-refractivity contribution in [3.63, 3.8) is 0 Å². The summed E-state index contributed by atoms with van der Waals surface area (Å²) in [5, 5.41) is 0. The summed E-state index contributed by atoms with van der Waals surface area (Å²) in [5.74, 6) is 0.969. The molecule has 1 atom stereocenters. The molecule has 0 aliphatic carbocycles. The van der Waals surface area contributed by atoms with Gasteiger partial charge in [0.25, 0.3) is 0 Å². The second-order valence-corrected chi connectivity index (χ2v) is 8.14. The molecule has 0 amide bonds. The Labute approximate surface area is 132 Å². The molecule has 0 heterocycles. The Morgan fingerprint density at radius 1 is 1.29 bits per heavy atom. The highest BCUT2D eigenvalue weighted by Gasteiger charge is 2.24. The molecule has 1 aromatic carbocycles. The van der Waals surface area contributed by atoms with E-state index in [9.17, 15) is 8.42 Å². The van der Waals surface area contributed by atoms with Crippen LogP contribution in [0.2, 0.25) is 0 Å². The van der Waals surface area contributed by atoms with Crippen molar-refractivity contribution in [3.8, 4) is 0 Å². The number of nitrogen functional groups attached to an aromatic ring is 1. The molecule has 0 radical (unpaired) electrons. The number of sulfonamides is 1. The van der Waals surface area contributed by atoms with Crippen LogP contribution in [0.15, 0.2) is 23.1 Å². The predicted octanol–water partition coefficient (Wildman–Crippen LogP) is 2.10. The maximum absolute atomic E-state index is 12.3. The first-order valence-corrected chi connectivity index (χ1v) is 9.63. The van der Waals surface area contributed by atoms with Crippen LogP contribution in [-0.2, 0) is 10.0 Å². The topological polar surface area (TPSA) is 66.6 Å². The monoisotopic (exact) mass is 331 g/mol. The van der Waals surface area contributed by atoms with E-state index in [1.807, 2.05) is 13.1 Å². The van der Waals surface area contributed by atoms with Crippen molar-refractivity contribution in [2.75, 3.05) is 43.8 Å². The van der Waals surface area contributed by atoms with E-state index in [1.54, 1.807) is 23.9 Å². The highest BCUT2D eigenvalue weighted by atomic mass is 32.2. The molecule has 5 nitrogen and oxygen atoms in total. The van der Waals surface area contributed by atoms with E-state index in [1.165, 1.54) is 18.4 Å². The Morgan fingerprint density at radius 3 is 2.38 bits per heavy atom. The third-order valence-corrected chi connectivity index (χ3v) is 6.15. The van der Waals surface area contributed by atoms with Gasteiger partial charge in [-0.3, -0.25) is 0 Å². The molecule has 21 heavy (non-hydrogen) atoms. The molecule has 0 aliphatic heterocycles. The second-order valence-electron chi connectivity index (χ2n) is 5.10. The minimum absolute atomic E-state index is 0.163. The molecule has 0 saturated heterocycles. The highest BCUT2D eigenvalue weighted by molar-refractivity contribution is 7.98. The fraction of sp³-hybridized carbons (Fsp3) is 0.571. The first kappa shape index (κ1) is 18.1. The lowest BCUT2D eigenvalue weighted by Crippen LogP contribution is -2.34. The SMILES string of the molecule is CCC(CSC)N(C)c1cccc(S(=O)(=O)N(C)C)c1N. The molecule has 2 N–H and O–H groups in total. The van der Waals surface area contributed by atoms with Gasteiger partial charge < -0.3 is 10.6 Å². The molecule has 0 spiro atoms. The third-order valence-electron chi connectivity index (χ3n) is 3.56. The highest BCUT2D eigenvalue weighted by Crippen LogP contribution is 2.32. The summed E-state index contributed by atoms with van der Waals surface area (Å²) in [5.41, 5.74) is 7.22. The Balaban J connectivity index is 3.29. The van der Waals surface area contributed by atoms with Gasteiger partial charge in [-0.25, -0.2) is 12.7 Å². The lowest BCUT2D eigenvalue weighted by molar-refractivity contribution is 0.521. The number of rotatable bonds is 7. The van der Waals surface area contributed by atoms with Gasteiger partial charge in [0.15, 0.2) is 0 Å². The van der Waals surface area contributed by atoms with E-state index in [2.05, 4.69) is 18.1 Å². The van der Waals surface area contributed by atoms with Crippen molar-refractivity contribution in [1.82, 2.24) is 4.31 Å². The molecule has 120 valence electrons. The van der Waals surface area contributed by atoms with E-state index in [0.29, 0.717) is 11.7 Å². The summed E-state index contributed by atoms with van der Waals surface area (Å²) in [4.78, 5) is 2.23. The van der Waals surface area contributed by atoms with Gasteiger partial charge in [-0.05, 0) is 24.8 Å². The van der Waals surface area contributed by atoms with Crippen LogP contribution in [0.3, 0.4) is 0 Å². The van der Waals surface area contributed by atoms with E-state index in [-0.39, 0.29) is 4.90 Å². The van der Waals surface area contributed by atoms with Crippen LogP contribution >= 0.6 is 11.8 Å². The van der Waals surface area contributed by atoms with Crippen molar-refractivity contribution >= 4 is 33.2 Å². The minimum Gasteiger partial charge on any atom is -0.396 e. The standard InChI is InChI=1S/C14H25N3O2S2/c1-6-11(10-20-5)17(4)12-8-7-9-13(14(12)15)21(18,19)16(2)3/h7-9,11H,6,10,15H2,1-5H3. The summed E-state index contributed by atoms with van der Waals surface area (Å²) >= 11 is 1.77. The number of nitrogens with two attached hydrogens (primary N) is 1. The zero-order valence-electron chi connectivity index (χ0n) is 13.3. The normalized spacial score (nSPS) is 13.4. The molecule has 1 aromatic rings. The molecule has 1 rings (SSSR count). The largest absolute Gasteiger partial charge is 0.396 e. The first-order chi connectivity index (χ1) is 9.77. The van der Waals surface area contributed by atoms with Crippen LogP contribution in [0.4, 0.5) is 11.4 Å². The quantitative estimate of drug-likeness (QED) is 0.775. The maximum Gasteiger partial charge on any atom is 0.244 e. The van der Waals surface area contributed by atoms with Gasteiger partial charge in [0.05, 0.1) is 11.4 Å². The number of anilines is 2. The number of para-hydroxylation sites is 1. The zero-order valence-corrected chi connectivity index (χ0v) is 15.0. The molecule has 1 unspecified atom stereocenters. The Hall–Kier alpha value is -0.920. The van der Waals surface area contributed by atoms with Crippen molar-refractivity contribution in [2.24, 2.45) is 0 Å².